The van der Waals surface area contributed by atoms with E-state index >= 15 is 0 Å². The third-order valence-electron chi connectivity index (χ3n) is 5.74. The monoisotopic (exact) mass is 454 g/mol. The van der Waals surface area contributed by atoms with Crippen LogP contribution in [-0.4, -0.2) is 0 Å². The molecule has 156 valence electrons. The normalized spacial score (nSPS) is 11.1. The van der Waals surface area contributed by atoms with Gasteiger partial charge in [-0.15, -0.1) is 0 Å². The highest BCUT2D eigenvalue weighted by atomic mass is 35.5. The lowest BCUT2D eigenvalue weighted by Gasteiger charge is -2.20. The number of hydrogen-bond donors (Lipinski definition) is 2. The Morgan fingerprint density at radius 2 is 1.12 bits per heavy atom. The highest BCUT2D eigenvalue weighted by Crippen LogP contribution is 2.47. The number of fused-ring (bicyclic) bond motifs is 1. The quantitative estimate of drug-likeness (QED) is 0.269. The van der Waals surface area contributed by atoms with E-state index in [1.54, 1.807) is 0 Å². The van der Waals surface area contributed by atoms with Gasteiger partial charge in [0, 0.05) is 26.9 Å². The summed E-state index contributed by atoms with van der Waals surface area (Å²) in [5.41, 5.74) is 20.5. The van der Waals surface area contributed by atoms with Crippen LogP contribution in [0.1, 0.15) is 0 Å². The van der Waals surface area contributed by atoms with E-state index in [2.05, 4.69) is 24.3 Å². The van der Waals surface area contributed by atoms with Crippen molar-refractivity contribution in [2.45, 2.75) is 0 Å². The first kappa shape index (κ1) is 20.4. The maximum atomic E-state index is 6.91. The van der Waals surface area contributed by atoms with Gasteiger partial charge in [-0.25, -0.2) is 0 Å². The second-order valence-electron chi connectivity index (χ2n) is 7.72. The molecule has 0 bridgehead atoms. The standard InChI is InChI=1S/C28H20Cl2N2/c29-20-12-8-18(9-13-20)24-16-25(31)27(23-7-3-5-17-4-1-2-6-22(17)23)28(32)26(24)19-10-14-21(30)15-11-19/h1-16H,31-32H2. The molecule has 0 aliphatic heterocycles. The van der Waals surface area contributed by atoms with E-state index in [4.69, 9.17) is 34.7 Å². The summed E-state index contributed by atoms with van der Waals surface area (Å²) in [6.45, 7) is 0. The summed E-state index contributed by atoms with van der Waals surface area (Å²) in [6.07, 6.45) is 0. The fourth-order valence-corrected chi connectivity index (χ4v) is 4.51. The van der Waals surface area contributed by atoms with Crippen LogP contribution in [0.25, 0.3) is 44.2 Å². The van der Waals surface area contributed by atoms with Gasteiger partial charge >= 0.3 is 0 Å². The molecule has 0 aliphatic rings. The zero-order chi connectivity index (χ0) is 22.2. The molecular weight excluding hydrogens is 435 g/mol. The van der Waals surface area contributed by atoms with Crippen molar-refractivity contribution in [1.29, 1.82) is 0 Å². The van der Waals surface area contributed by atoms with Crippen molar-refractivity contribution < 1.29 is 0 Å². The lowest BCUT2D eigenvalue weighted by atomic mass is 9.86. The van der Waals surface area contributed by atoms with Crippen LogP contribution in [0.2, 0.25) is 10.0 Å². The molecule has 0 fully saturated rings. The highest BCUT2D eigenvalue weighted by Gasteiger charge is 2.20. The van der Waals surface area contributed by atoms with Crippen LogP contribution in [0.15, 0.2) is 97.1 Å². The molecule has 4 heteroatoms. The van der Waals surface area contributed by atoms with Crippen LogP contribution in [0, 0.1) is 0 Å². The van der Waals surface area contributed by atoms with Crippen molar-refractivity contribution in [2.24, 2.45) is 0 Å². The van der Waals surface area contributed by atoms with Crippen molar-refractivity contribution >= 4 is 45.3 Å². The van der Waals surface area contributed by atoms with Crippen LogP contribution in [0.4, 0.5) is 11.4 Å². The lowest BCUT2D eigenvalue weighted by Crippen LogP contribution is -2.02. The smallest absolute Gasteiger partial charge is 0.0500 e. The van der Waals surface area contributed by atoms with Gasteiger partial charge in [0.2, 0.25) is 0 Å². The number of hydrogen-bond acceptors (Lipinski definition) is 2. The highest BCUT2D eigenvalue weighted by molar-refractivity contribution is 6.31. The van der Waals surface area contributed by atoms with Crippen LogP contribution < -0.4 is 11.5 Å². The Hall–Kier alpha value is -3.46. The molecule has 0 aromatic heterocycles. The third kappa shape index (κ3) is 3.58. The molecule has 0 atom stereocenters. The minimum Gasteiger partial charge on any atom is -0.398 e. The number of benzene rings is 5. The first-order chi connectivity index (χ1) is 15.5. The van der Waals surface area contributed by atoms with Crippen molar-refractivity contribution in [1.82, 2.24) is 0 Å². The first-order valence-electron chi connectivity index (χ1n) is 10.2. The maximum Gasteiger partial charge on any atom is 0.0500 e. The largest absolute Gasteiger partial charge is 0.398 e. The minimum absolute atomic E-state index is 0.626. The molecule has 0 radical (unpaired) electrons. The summed E-state index contributed by atoms with van der Waals surface area (Å²) in [4.78, 5) is 0. The molecule has 0 saturated heterocycles. The van der Waals surface area contributed by atoms with Gasteiger partial charge in [-0.3, -0.25) is 0 Å². The van der Waals surface area contributed by atoms with Gasteiger partial charge < -0.3 is 11.5 Å². The van der Waals surface area contributed by atoms with E-state index < -0.39 is 0 Å². The van der Waals surface area contributed by atoms with E-state index in [1.165, 1.54) is 0 Å². The second kappa shape index (κ2) is 8.23. The van der Waals surface area contributed by atoms with Crippen LogP contribution in [0.3, 0.4) is 0 Å². The van der Waals surface area contributed by atoms with Gasteiger partial charge in [0.05, 0.1) is 5.69 Å². The second-order valence-corrected chi connectivity index (χ2v) is 8.59. The average Bonchev–Trinajstić information content (AvgIpc) is 2.80. The Morgan fingerprint density at radius 1 is 0.531 bits per heavy atom. The fourth-order valence-electron chi connectivity index (χ4n) is 4.25. The van der Waals surface area contributed by atoms with Crippen LogP contribution in [0.5, 0.6) is 0 Å². The molecule has 5 aromatic carbocycles. The van der Waals surface area contributed by atoms with E-state index in [0.29, 0.717) is 21.4 Å². The first-order valence-corrected chi connectivity index (χ1v) is 11.0. The summed E-state index contributed by atoms with van der Waals surface area (Å²) in [6, 6.07) is 31.8. The Balaban J connectivity index is 1.85. The van der Waals surface area contributed by atoms with Crippen molar-refractivity contribution in [3.8, 4) is 33.4 Å². The zero-order valence-electron chi connectivity index (χ0n) is 17.1. The molecule has 5 rings (SSSR count). The third-order valence-corrected chi connectivity index (χ3v) is 6.25. The average molecular weight is 455 g/mol. The summed E-state index contributed by atoms with van der Waals surface area (Å²) in [7, 11) is 0. The van der Waals surface area contributed by atoms with E-state index in [9.17, 15) is 0 Å². The molecule has 32 heavy (non-hydrogen) atoms. The number of nitrogens with two attached hydrogens (primary N) is 2. The molecule has 0 saturated carbocycles. The molecule has 0 unspecified atom stereocenters. The van der Waals surface area contributed by atoms with Gasteiger partial charge in [-0.05, 0) is 63.4 Å². The summed E-state index contributed by atoms with van der Waals surface area (Å²) in [5, 5.41) is 3.59. The van der Waals surface area contributed by atoms with Gasteiger partial charge in [-0.2, -0.15) is 0 Å². The fraction of sp³-hybridized carbons (Fsp3) is 0. The van der Waals surface area contributed by atoms with E-state index in [0.717, 1.165) is 44.2 Å². The Morgan fingerprint density at radius 3 is 1.81 bits per heavy atom. The van der Waals surface area contributed by atoms with E-state index in [-0.39, 0.29) is 0 Å². The number of rotatable bonds is 3. The maximum absolute atomic E-state index is 6.91. The van der Waals surface area contributed by atoms with Crippen molar-refractivity contribution in [2.75, 3.05) is 11.5 Å². The zero-order valence-corrected chi connectivity index (χ0v) is 18.7. The number of halogens is 2. The van der Waals surface area contributed by atoms with Crippen molar-refractivity contribution in [3.05, 3.63) is 107 Å². The minimum atomic E-state index is 0.626. The molecule has 0 aliphatic carbocycles. The Labute approximate surface area is 197 Å². The van der Waals surface area contributed by atoms with Gasteiger partial charge in [0.15, 0.2) is 0 Å². The lowest BCUT2D eigenvalue weighted by molar-refractivity contribution is 1.56. The van der Waals surface area contributed by atoms with E-state index in [1.807, 2.05) is 72.8 Å². The molecular formula is C28H20Cl2N2. The number of anilines is 2. The molecule has 4 N–H and O–H groups in total. The Kier molecular flexibility index (Phi) is 5.26. The molecule has 2 nitrogen and oxygen atoms in total. The van der Waals surface area contributed by atoms with Crippen LogP contribution in [-0.2, 0) is 0 Å². The predicted molar refractivity (Wildman–Crippen MR) is 139 cm³/mol. The van der Waals surface area contributed by atoms with Gasteiger partial charge in [0.1, 0.15) is 0 Å². The summed E-state index contributed by atoms with van der Waals surface area (Å²) in [5.74, 6) is 0. The Bertz CT molecular complexity index is 1430. The summed E-state index contributed by atoms with van der Waals surface area (Å²) >= 11 is 12.3. The molecule has 0 amide bonds. The van der Waals surface area contributed by atoms with Crippen molar-refractivity contribution in [3.63, 3.8) is 0 Å². The SMILES string of the molecule is Nc1cc(-c2ccc(Cl)cc2)c(-c2ccc(Cl)cc2)c(N)c1-c1cccc2ccccc12. The number of nitrogen functional groups attached to an aromatic ring is 2. The summed E-state index contributed by atoms with van der Waals surface area (Å²) < 4.78 is 0. The molecule has 0 spiro atoms. The predicted octanol–water partition coefficient (Wildman–Crippen LogP) is 8.31. The molecule has 5 aromatic rings. The molecule has 0 heterocycles. The van der Waals surface area contributed by atoms with Gasteiger partial charge in [0.25, 0.3) is 0 Å². The topological polar surface area (TPSA) is 52.0 Å². The van der Waals surface area contributed by atoms with Gasteiger partial charge in [-0.1, -0.05) is 89.9 Å². The van der Waals surface area contributed by atoms with Crippen LogP contribution >= 0.6 is 23.2 Å².